The molecule has 0 unspecified atom stereocenters. The third kappa shape index (κ3) is 3.44. The Morgan fingerprint density at radius 1 is 1.10 bits per heavy atom. The minimum absolute atomic E-state index is 0.0658. The first-order valence-electron chi connectivity index (χ1n) is 9.15. The summed E-state index contributed by atoms with van der Waals surface area (Å²) in [5.74, 6) is 0.658. The number of hydrogen-bond acceptors (Lipinski definition) is 7. The first kappa shape index (κ1) is 19.0. The fourth-order valence-corrected chi connectivity index (χ4v) is 4.11. The van der Waals surface area contributed by atoms with E-state index in [-0.39, 0.29) is 23.4 Å². The zero-order valence-electron chi connectivity index (χ0n) is 15.8. The van der Waals surface area contributed by atoms with Crippen molar-refractivity contribution in [3.63, 3.8) is 0 Å². The molecule has 1 fully saturated rings. The standard InChI is InChI=1S/C22H14N2O6S/c23-22-24(14-4-6-17-18(9-14)29-11-28-17)20(25)19(31-22)10-15-5-7-16(30-15)12-2-1-3-13(8-12)21(26)27/h1-10,23H,11H2,(H,26,27)/b19-10-,23-22?. The summed E-state index contributed by atoms with van der Waals surface area (Å²) < 4.78 is 16.4. The third-order valence-electron chi connectivity index (χ3n) is 4.73. The molecule has 0 spiro atoms. The third-order valence-corrected chi connectivity index (χ3v) is 5.62. The first-order chi connectivity index (χ1) is 15.0. The number of amidine groups is 1. The molecule has 9 heteroatoms. The number of nitrogens with zero attached hydrogens (tertiary/aromatic N) is 1. The van der Waals surface area contributed by atoms with Gasteiger partial charge in [0, 0.05) is 17.7 Å². The van der Waals surface area contributed by atoms with Gasteiger partial charge in [-0.1, -0.05) is 12.1 Å². The average molecular weight is 434 g/mol. The van der Waals surface area contributed by atoms with Crippen LogP contribution in [0.1, 0.15) is 16.1 Å². The van der Waals surface area contributed by atoms with Crippen molar-refractivity contribution >= 4 is 40.6 Å². The largest absolute Gasteiger partial charge is 0.478 e. The van der Waals surface area contributed by atoms with Crippen molar-refractivity contribution in [3.8, 4) is 22.8 Å². The quantitative estimate of drug-likeness (QED) is 0.584. The summed E-state index contributed by atoms with van der Waals surface area (Å²) in [6.07, 6.45) is 1.57. The number of aromatic carboxylic acids is 1. The molecular weight excluding hydrogens is 420 g/mol. The fraction of sp³-hybridized carbons (Fsp3) is 0.0455. The molecule has 1 amide bonds. The highest BCUT2D eigenvalue weighted by atomic mass is 32.2. The van der Waals surface area contributed by atoms with E-state index in [1.807, 2.05) is 0 Å². The smallest absolute Gasteiger partial charge is 0.335 e. The van der Waals surface area contributed by atoms with E-state index in [1.54, 1.807) is 48.5 Å². The van der Waals surface area contributed by atoms with Gasteiger partial charge in [0.2, 0.25) is 6.79 Å². The van der Waals surface area contributed by atoms with Gasteiger partial charge in [0.15, 0.2) is 16.7 Å². The van der Waals surface area contributed by atoms with Crippen molar-refractivity contribution < 1.29 is 28.6 Å². The van der Waals surface area contributed by atoms with Crippen LogP contribution in [0.5, 0.6) is 11.5 Å². The minimum atomic E-state index is -1.02. The van der Waals surface area contributed by atoms with Crippen LogP contribution in [-0.4, -0.2) is 28.9 Å². The molecule has 0 bridgehead atoms. The number of rotatable bonds is 4. The lowest BCUT2D eigenvalue weighted by molar-refractivity contribution is -0.113. The predicted molar refractivity (Wildman–Crippen MR) is 114 cm³/mol. The molecule has 154 valence electrons. The lowest BCUT2D eigenvalue weighted by atomic mass is 10.1. The van der Waals surface area contributed by atoms with E-state index in [9.17, 15) is 9.59 Å². The fourth-order valence-electron chi connectivity index (χ4n) is 3.27. The molecule has 2 N–H and O–H groups in total. The highest BCUT2D eigenvalue weighted by Gasteiger charge is 2.34. The number of hydrogen-bond donors (Lipinski definition) is 2. The van der Waals surface area contributed by atoms with Crippen LogP contribution in [0.25, 0.3) is 17.4 Å². The summed E-state index contributed by atoms with van der Waals surface area (Å²) in [4.78, 5) is 25.7. The number of benzene rings is 2. The Bertz CT molecular complexity index is 1280. The minimum Gasteiger partial charge on any atom is -0.478 e. The molecule has 0 radical (unpaired) electrons. The zero-order valence-corrected chi connectivity index (χ0v) is 16.6. The number of carboxylic acids is 1. The number of furan rings is 1. The summed E-state index contributed by atoms with van der Waals surface area (Å²) >= 11 is 1.03. The molecule has 3 aromatic rings. The number of carbonyl (C=O) groups is 2. The van der Waals surface area contributed by atoms with Gasteiger partial charge in [0.1, 0.15) is 11.5 Å². The number of thioether (sulfide) groups is 1. The summed E-state index contributed by atoms with van der Waals surface area (Å²) in [6.45, 7) is 0.125. The van der Waals surface area contributed by atoms with E-state index >= 15 is 0 Å². The maximum atomic E-state index is 12.9. The van der Waals surface area contributed by atoms with Crippen molar-refractivity contribution in [2.75, 3.05) is 11.7 Å². The van der Waals surface area contributed by atoms with Gasteiger partial charge in [-0.2, -0.15) is 0 Å². The van der Waals surface area contributed by atoms with Crippen LogP contribution < -0.4 is 14.4 Å². The summed E-state index contributed by atoms with van der Waals surface area (Å²) in [6, 6.07) is 14.9. The van der Waals surface area contributed by atoms with Crippen LogP contribution in [0.3, 0.4) is 0 Å². The molecule has 1 saturated heterocycles. The number of amides is 1. The highest BCUT2D eigenvalue weighted by Crippen LogP contribution is 2.40. The molecule has 2 aliphatic heterocycles. The van der Waals surface area contributed by atoms with Crippen LogP contribution >= 0.6 is 11.8 Å². The van der Waals surface area contributed by atoms with E-state index in [0.29, 0.717) is 39.2 Å². The number of fused-ring (bicyclic) bond motifs is 1. The molecule has 0 saturated carbocycles. The molecular formula is C22H14N2O6S. The molecule has 31 heavy (non-hydrogen) atoms. The van der Waals surface area contributed by atoms with Gasteiger partial charge in [-0.15, -0.1) is 0 Å². The second-order valence-electron chi connectivity index (χ2n) is 6.68. The normalized spacial score (nSPS) is 16.4. The van der Waals surface area contributed by atoms with Crippen molar-refractivity contribution in [2.45, 2.75) is 0 Å². The van der Waals surface area contributed by atoms with Crippen LogP contribution in [0.15, 0.2) is 63.9 Å². The Hall–Kier alpha value is -3.98. The Balaban J connectivity index is 1.41. The monoisotopic (exact) mass is 434 g/mol. The SMILES string of the molecule is N=C1S/C(=C\c2ccc(-c3cccc(C(=O)O)c3)o2)C(=O)N1c1ccc2c(c1)OCO2. The van der Waals surface area contributed by atoms with Crippen molar-refractivity contribution in [1.29, 1.82) is 5.41 Å². The zero-order chi connectivity index (χ0) is 21.5. The van der Waals surface area contributed by atoms with Gasteiger partial charge >= 0.3 is 5.97 Å². The van der Waals surface area contributed by atoms with Crippen LogP contribution in [0.4, 0.5) is 5.69 Å². The van der Waals surface area contributed by atoms with Crippen LogP contribution in [0.2, 0.25) is 0 Å². The highest BCUT2D eigenvalue weighted by molar-refractivity contribution is 8.19. The number of carbonyl (C=O) groups excluding carboxylic acids is 1. The van der Waals surface area contributed by atoms with Gasteiger partial charge in [-0.05, 0) is 48.2 Å². The van der Waals surface area contributed by atoms with Crippen LogP contribution in [-0.2, 0) is 4.79 Å². The molecule has 1 aromatic heterocycles. The first-order valence-corrected chi connectivity index (χ1v) is 9.97. The summed E-state index contributed by atoms with van der Waals surface area (Å²) in [5, 5.41) is 17.5. The Morgan fingerprint density at radius 2 is 1.94 bits per heavy atom. The predicted octanol–water partition coefficient (Wildman–Crippen LogP) is 4.43. The molecule has 2 aromatic carbocycles. The Kier molecular flexibility index (Phi) is 4.52. The van der Waals surface area contributed by atoms with E-state index < -0.39 is 5.97 Å². The molecule has 0 aliphatic carbocycles. The number of carboxylic acid groups (broad SMARTS) is 1. The topological polar surface area (TPSA) is 113 Å². The maximum absolute atomic E-state index is 12.9. The lowest BCUT2D eigenvalue weighted by Gasteiger charge is -2.14. The number of nitrogens with one attached hydrogen (secondary N) is 1. The van der Waals surface area contributed by atoms with E-state index in [4.69, 9.17) is 24.4 Å². The molecule has 3 heterocycles. The molecule has 0 atom stereocenters. The average Bonchev–Trinajstić information content (AvgIpc) is 3.48. The Labute approximate surface area is 180 Å². The van der Waals surface area contributed by atoms with Crippen molar-refractivity contribution in [2.24, 2.45) is 0 Å². The van der Waals surface area contributed by atoms with E-state index in [2.05, 4.69) is 0 Å². The van der Waals surface area contributed by atoms with Crippen LogP contribution in [0, 0.1) is 5.41 Å². The summed E-state index contributed by atoms with van der Waals surface area (Å²) in [5.41, 5.74) is 1.29. The maximum Gasteiger partial charge on any atom is 0.335 e. The molecule has 8 nitrogen and oxygen atoms in total. The second kappa shape index (κ2) is 7.37. The van der Waals surface area contributed by atoms with Crippen molar-refractivity contribution in [1.82, 2.24) is 0 Å². The van der Waals surface area contributed by atoms with Gasteiger partial charge in [0.25, 0.3) is 5.91 Å². The lowest BCUT2D eigenvalue weighted by Crippen LogP contribution is -2.28. The summed E-state index contributed by atoms with van der Waals surface area (Å²) in [7, 11) is 0. The molecule has 2 aliphatic rings. The molecule has 5 rings (SSSR count). The second-order valence-corrected chi connectivity index (χ2v) is 7.71. The van der Waals surface area contributed by atoms with Gasteiger partial charge in [-0.25, -0.2) is 4.79 Å². The van der Waals surface area contributed by atoms with Gasteiger partial charge in [0.05, 0.1) is 16.2 Å². The van der Waals surface area contributed by atoms with E-state index in [0.717, 1.165) is 11.8 Å². The Morgan fingerprint density at radius 3 is 2.77 bits per heavy atom. The number of ether oxygens (including phenoxy) is 2. The number of anilines is 1. The van der Waals surface area contributed by atoms with Gasteiger partial charge < -0.3 is 19.0 Å². The van der Waals surface area contributed by atoms with Gasteiger partial charge in [-0.3, -0.25) is 15.1 Å². The van der Waals surface area contributed by atoms with Crippen molar-refractivity contribution in [3.05, 3.63) is 70.8 Å². The van der Waals surface area contributed by atoms with E-state index in [1.165, 1.54) is 17.0 Å².